The largest absolute Gasteiger partial charge is 0.493 e. The number of esters is 2. The van der Waals surface area contributed by atoms with Crippen molar-refractivity contribution in [1.82, 2.24) is 4.98 Å². The van der Waals surface area contributed by atoms with Crippen LogP contribution in [0.15, 0.2) is 42.6 Å². The van der Waals surface area contributed by atoms with Crippen LogP contribution >= 0.6 is 0 Å². The van der Waals surface area contributed by atoms with Crippen LogP contribution in [0.3, 0.4) is 0 Å². The third kappa shape index (κ3) is 8.92. The number of para-hydroxylation sites is 1. The summed E-state index contributed by atoms with van der Waals surface area (Å²) >= 11 is 0. The lowest BCUT2D eigenvalue weighted by molar-refractivity contribution is -0.172. The van der Waals surface area contributed by atoms with Crippen LogP contribution in [0, 0.1) is 5.92 Å². The molecule has 2 aromatic rings. The van der Waals surface area contributed by atoms with Crippen LogP contribution in [0.2, 0.25) is 0 Å². The van der Waals surface area contributed by atoms with Gasteiger partial charge in [-0.2, -0.15) is 0 Å². The van der Waals surface area contributed by atoms with Gasteiger partial charge in [0.2, 0.25) is 6.79 Å². The number of nitrogens with zero attached hydrogens (tertiary/aromatic N) is 1. The number of carbonyl (C=O) groups excluding carboxylic acids is 3. The molecule has 0 aliphatic carbocycles. The van der Waals surface area contributed by atoms with E-state index in [1.165, 1.54) is 26.3 Å². The molecule has 0 saturated carbocycles. The summed E-state index contributed by atoms with van der Waals surface area (Å²) in [7, 11) is 1.41. The molecule has 3 rings (SSSR count). The third-order valence-corrected chi connectivity index (χ3v) is 6.15. The van der Waals surface area contributed by atoms with Gasteiger partial charge >= 0.3 is 11.9 Å². The van der Waals surface area contributed by atoms with E-state index in [4.69, 9.17) is 33.2 Å². The van der Waals surface area contributed by atoms with Crippen molar-refractivity contribution in [3.05, 3.63) is 48.3 Å². The molecule has 1 aromatic heterocycles. The van der Waals surface area contributed by atoms with Crippen molar-refractivity contribution < 1.29 is 47.5 Å². The lowest BCUT2D eigenvalue weighted by Gasteiger charge is -2.33. The van der Waals surface area contributed by atoms with Gasteiger partial charge in [0.05, 0.1) is 19.6 Å². The molecule has 1 saturated heterocycles. The Labute approximate surface area is 234 Å². The molecule has 0 bridgehead atoms. The van der Waals surface area contributed by atoms with Gasteiger partial charge in [-0.3, -0.25) is 14.4 Å². The van der Waals surface area contributed by atoms with E-state index in [1.807, 2.05) is 37.3 Å². The van der Waals surface area contributed by atoms with Gasteiger partial charge < -0.3 is 33.2 Å². The predicted octanol–water partition coefficient (Wildman–Crippen LogP) is 3.77. The Morgan fingerprint density at radius 1 is 1.15 bits per heavy atom. The lowest BCUT2D eigenvalue weighted by Crippen LogP contribution is -2.47. The van der Waals surface area contributed by atoms with E-state index in [0.717, 1.165) is 6.42 Å². The number of rotatable bonds is 12. The second kappa shape index (κ2) is 15.8. The molecule has 0 spiro atoms. The fourth-order valence-corrected chi connectivity index (χ4v) is 4.16. The molecular weight excluding hydrogens is 522 g/mol. The van der Waals surface area contributed by atoms with E-state index < -0.39 is 48.7 Å². The highest BCUT2D eigenvalue weighted by Gasteiger charge is 2.36. The number of pyridine rings is 1. The number of hydrogen-bond acceptors (Lipinski definition) is 11. The topological polar surface area (TPSA) is 129 Å². The number of benzene rings is 1. The van der Waals surface area contributed by atoms with Gasteiger partial charge in [-0.05, 0) is 31.9 Å². The summed E-state index contributed by atoms with van der Waals surface area (Å²) in [5.74, 6) is -1.47. The molecule has 11 nitrogen and oxygen atoms in total. The molecule has 0 unspecified atom stereocenters. The van der Waals surface area contributed by atoms with Crippen LogP contribution in [0.25, 0.3) is 0 Å². The molecule has 1 aliphatic heterocycles. The Hall–Kier alpha value is -3.70. The second-order valence-electron chi connectivity index (χ2n) is 9.22. The molecule has 0 amide bonds. The zero-order valence-electron chi connectivity index (χ0n) is 23.3. The standard InChI is InChI=1S/C29H37NO10/c1-5-14-36-27-19(2)39-29(33)21(12-15-35-17-25(27)40-22-9-7-6-8-10-22)16-23(32)26-28(38-18-37-20(3)31)24(34-4)11-13-30-26/h6-11,13,19,21,25,27H,5,12,14-18H2,1-4H3/t19-,21+,25-,27-/m0/s1. The van der Waals surface area contributed by atoms with E-state index in [2.05, 4.69) is 4.98 Å². The third-order valence-electron chi connectivity index (χ3n) is 6.15. The van der Waals surface area contributed by atoms with Gasteiger partial charge in [-0.15, -0.1) is 0 Å². The fourth-order valence-electron chi connectivity index (χ4n) is 4.16. The molecule has 4 atom stereocenters. The molecule has 1 aromatic carbocycles. The quantitative estimate of drug-likeness (QED) is 0.214. The monoisotopic (exact) mass is 559 g/mol. The molecule has 40 heavy (non-hydrogen) atoms. The Bertz CT molecular complexity index is 1110. The summed E-state index contributed by atoms with van der Waals surface area (Å²) in [5, 5.41) is 0. The highest BCUT2D eigenvalue weighted by Crippen LogP contribution is 2.32. The predicted molar refractivity (Wildman–Crippen MR) is 142 cm³/mol. The van der Waals surface area contributed by atoms with Crippen LogP contribution in [0.4, 0.5) is 0 Å². The van der Waals surface area contributed by atoms with Crippen molar-refractivity contribution in [3.8, 4) is 17.2 Å². The number of ether oxygens (including phenoxy) is 7. The summed E-state index contributed by atoms with van der Waals surface area (Å²) in [6.07, 6.45) is 0.400. The highest BCUT2D eigenvalue weighted by atomic mass is 16.7. The molecular formula is C29H37NO10. The smallest absolute Gasteiger partial charge is 0.309 e. The highest BCUT2D eigenvalue weighted by molar-refractivity contribution is 5.99. The summed E-state index contributed by atoms with van der Waals surface area (Å²) in [4.78, 5) is 41.9. The summed E-state index contributed by atoms with van der Waals surface area (Å²) < 4.78 is 39.6. The minimum atomic E-state index is -0.803. The average Bonchev–Trinajstić information content (AvgIpc) is 2.94. The SMILES string of the molecule is CCCO[C@H]1[C@H](C)OC(=O)[C@@H](CC(=O)c2nccc(OC)c2OCOC(C)=O)CCOC[C@@H]1Oc1ccccc1. The van der Waals surface area contributed by atoms with Crippen molar-refractivity contribution in [2.24, 2.45) is 5.92 Å². The minimum absolute atomic E-state index is 0.0167. The number of carbonyl (C=O) groups is 3. The Morgan fingerprint density at radius 3 is 2.62 bits per heavy atom. The maximum atomic E-state index is 13.3. The van der Waals surface area contributed by atoms with E-state index in [9.17, 15) is 14.4 Å². The van der Waals surface area contributed by atoms with Crippen LogP contribution in [0.1, 0.15) is 50.5 Å². The average molecular weight is 560 g/mol. The van der Waals surface area contributed by atoms with E-state index >= 15 is 0 Å². The first kappa shape index (κ1) is 30.8. The number of ketones is 1. The van der Waals surface area contributed by atoms with Crippen LogP contribution < -0.4 is 14.2 Å². The van der Waals surface area contributed by atoms with Gasteiger partial charge in [-0.25, -0.2) is 4.98 Å². The first-order valence-corrected chi connectivity index (χ1v) is 13.3. The molecule has 0 radical (unpaired) electrons. The zero-order chi connectivity index (χ0) is 28.9. The van der Waals surface area contributed by atoms with Crippen molar-refractivity contribution in [2.45, 2.75) is 58.3 Å². The number of cyclic esters (lactones) is 1. The Balaban J connectivity index is 1.76. The molecule has 218 valence electrons. The van der Waals surface area contributed by atoms with E-state index in [0.29, 0.717) is 12.4 Å². The Kier molecular flexibility index (Phi) is 12.2. The van der Waals surface area contributed by atoms with E-state index in [1.54, 1.807) is 6.92 Å². The van der Waals surface area contributed by atoms with Crippen LogP contribution in [0.5, 0.6) is 17.2 Å². The number of aromatic nitrogens is 1. The van der Waals surface area contributed by atoms with Gasteiger partial charge in [0.25, 0.3) is 0 Å². The van der Waals surface area contributed by atoms with Crippen LogP contribution in [-0.2, 0) is 28.5 Å². The van der Waals surface area contributed by atoms with Gasteiger partial charge in [0, 0.05) is 38.8 Å². The number of Topliss-reactive ketones (excluding diaryl/α,β-unsaturated/α-hetero) is 1. The molecule has 1 fully saturated rings. The van der Waals surface area contributed by atoms with Crippen molar-refractivity contribution >= 4 is 17.7 Å². The molecule has 2 heterocycles. The Morgan fingerprint density at radius 2 is 1.93 bits per heavy atom. The van der Waals surface area contributed by atoms with Gasteiger partial charge in [0.1, 0.15) is 18.0 Å². The second-order valence-corrected chi connectivity index (χ2v) is 9.22. The van der Waals surface area contributed by atoms with Gasteiger partial charge in [-0.1, -0.05) is 25.1 Å². The lowest BCUT2D eigenvalue weighted by atomic mass is 9.96. The molecule has 11 heteroatoms. The summed E-state index contributed by atoms with van der Waals surface area (Å²) in [5.41, 5.74) is -0.0501. The number of methoxy groups -OCH3 is 1. The van der Waals surface area contributed by atoms with Crippen LogP contribution in [-0.4, -0.2) is 74.7 Å². The summed E-state index contributed by atoms with van der Waals surface area (Å²) in [6, 6.07) is 10.8. The van der Waals surface area contributed by atoms with Crippen molar-refractivity contribution in [1.29, 1.82) is 0 Å². The first-order valence-electron chi connectivity index (χ1n) is 13.3. The fraction of sp³-hybridized carbons (Fsp3) is 0.517. The molecule has 0 N–H and O–H groups in total. The first-order chi connectivity index (χ1) is 19.3. The zero-order valence-corrected chi connectivity index (χ0v) is 23.3. The normalized spacial score (nSPS) is 21.6. The number of hydrogen-bond donors (Lipinski definition) is 0. The molecule has 1 aliphatic rings. The minimum Gasteiger partial charge on any atom is -0.493 e. The maximum absolute atomic E-state index is 13.3. The maximum Gasteiger partial charge on any atom is 0.309 e. The van der Waals surface area contributed by atoms with Crippen molar-refractivity contribution in [2.75, 3.05) is 33.7 Å². The van der Waals surface area contributed by atoms with Gasteiger partial charge in [0.15, 0.2) is 29.1 Å². The van der Waals surface area contributed by atoms with Crippen molar-refractivity contribution in [3.63, 3.8) is 0 Å². The summed E-state index contributed by atoms with van der Waals surface area (Å²) in [6.45, 7) is 5.37. The van der Waals surface area contributed by atoms with E-state index in [-0.39, 0.29) is 43.2 Å².